The molecule has 0 saturated carbocycles. The van der Waals surface area contributed by atoms with E-state index in [-0.39, 0.29) is 17.4 Å². The second-order valence-corrected chi connectivity index (χ2v) is 3.06. The van der Waals surface area contributed by atoms with E-state index in [1.807, 2.05) is 6.92 Å². The van der Waals surface area contributed by atoms with Crippen molar-refractivity contribution in [3.05, 3.63) is 23.8 Å². The monoisotopic (exact) mass is 177 g/mol. The largest absolute Gasteiger partial charge is 0.504 e. The molecule has 0 aliphatic carbocycles. The highest BCUT2D eigenvalue weighted by Crippen LogP contribution is 2.25. The predicted octanol–water partition coefficient (Wildman–Crippen LogP) is 1.80. The zero-order chi connectivity index (χ0) is 9.84. The number of hydrogen-bond donors (Lipinski definition) is 2. The van der Waals surface area contributed by atoms with E-state index in [1.165, 1.54) is 12.1 Å². The fraction of sp³-hybridized carbons (Fsp3) is 0.300. The summed E-state index contributed by atoms with van der Waals surface area (Å²) >= 11 is 0. The van der Waals surface area contributed by atoms with E-state index in [0.717, 1.165) is 5.56 Å². The normalized spacial score (nSPS) is 12.0. The van der Waals surface area contributed by atoms with E-state index in [4.69, 9.17) is 15.5 Å². The molecule has 0 amide bonds. The first-order chi connectivity index (χ1) is 6.13. The number of aromatic hydroxyl groups is 2. The highest BCUT2D eigenvalue weighted by molar-refractivity contribution is 5.40. The van der Waals surface area contributed by atoms with Crippen LogP contribution in [0.2, 0.25) is 0 Å². The molecule has 0 spiro atoms. The second-order valence-electron chi connectivity index (χ2n) is 3.06. The van der Waals surface area contributed by atoms with Gasteiger partial charge in [0.15, 0.2) is 11.5 Å². The molecule has 3 nitrogen and oxygen atoms in total. The quantitative estimate of drug-likeness (QED) is 0.677. The number of phenols is 2. The van der Waals surface area contributed by atoms with Crippen LogP contribution in [0.3, 0.4) is 0 Å². The van der Waals surface area contributed by atoms with Gasteiger partial charge in [0.05, 0.1) is 6.07 Å². The Morgan fingerprint density at radius 1 is 1.38 bits per heavy atom. The first-order valence-corrected chi connectivity index (χ1v) is 4.04. The summed E-state index contributed by atoms with van der Waals surface area (Å²) in [5, 5.41) is 26.7. The molecule has 13 heavy (non-hydrogen) atoms. The molecule has 3 heteroatoms. The van der Waals surface area contributed by atoms with Crippen LogP contribution in [-0.4, -0.2) is 10.2 Å². The Bertz CT molecular complexity index is 341. The number of rotatable bonds is 2. The summed E-state index contributed by atoms with van der Waals surface area (Å²) in [5.41, 5.74) is 0.851. The van der Waals surface area contributed by atoms with Gasteiger partial charge >= 0.3 is 0 Å². The van der Waals surface area contributed by atoms with Gasteiger partial charge in [0.1, 0.15) is 0 Å². The van der Waals surface area contributed by atoms with Crippen LogP contribution in [0.15, 0.2) is 18.2 Å². The van der Waals surface area contributed by atoms with Gasteiger partial charge in [-0.1, -0.05) is 6.07 Å². The Kier molecular flexibility index (Phi) is 2.76. The van der Waals surface area contributed by atoms with Crippen molar-refractivity contribution in [2.75, 3.05) is 0 Å². The topological polar surface area (TPSA) is 64.2 Å². The maximum absolute atomic E-state index is 9.15. The van der Waals surface area contributed by atoms with E-state index in [2.05, 4.69) is 6.07 Å². The van der Waals surface area contributed by atoms with Crippen molar-refractivity contribution < 1.29 is 10.2 Å². The summed E-state index contributed by atoms with van der Waals surface area (Å²) in [4.78, 5) is 0. The molecule has 0 heterocycles. The second kappa shape index (κ2) is 3.81. The average molecular weight is 177 g/mol. The van der Waals surface area contributed by atoms with Gasteiger partial charge in [0.2, 0.25) is 0 Å². The van der Waals surface area contributed by atoms with Crippen LogP contribution in [0.4, 0.5) is 0 Å². The van der Waals surface area contributed by atoms with Crippen molar-refractivity contribution in [3.8, 4) is 17.6 Å². The van der Waals surface area contributed by atoms with Crippen LogP contribution in [0.5, 0.6) is 11.5 Å². The van der Waals surface area contributed by atoms with Gasteiger partial charge in [0, 0.05) is 5.92 Å². The Balaban J connectivity index is 2.81. The molecule has 0 radical (unpaired) electrons. The molecule has 0 fully saturated rings. The van der Waals surface area contributed by atoms with Gasteiger partial charge < -0.3 is 10.2 Å². The number of nitrogens with zero attached hydrogens (tertiary/aromatic N) is 1. The summed E-state index contributed by atoms with van der Waals surface area (Å²) in [6.07, 6.45) is 0.588. The average Bonchev–Trinajstić information content (AvgIpc) is 2.11. The number of hydrogen-bond acceptors (Lipinski definition) is 3. The van der Waals surface area contributed by atoms with Crippen molar-refractivity contribution >= 4 is 0 Å². The molecule has 0 aliphatic rings. The third-order valence-electron chi connectivity index (χ3n) is 1.80. The van der Waals surface area contributed by atoms with E-state index in [9.17, 15) is 0 Å². The summed E-state index contributed by atoms with van der Waals surface area (Å²) in [5.74, 6) is -0.347. The minimum Gasteiger partial charge on any atom is -0.504 e. The summed E-state index contributed by atoms with van der Waals surface area (Å²) in [7, 11) is 0. The third kappa shape index (κ3) is 2.38. The molecule has 1 atom stereocenters. The molecular weight excluding hydrogens is 166 g/mol. The van der Waals surface area contributed by atoms with Gasteiger partial charge in [0.25, 0.3) is 0 Å². The standard InChI is InChI=1S/C10H11NO2/c1-7(6-11)4-8-2-3-9(12)10(13)5-8/h2-3,5,7,12-13H,4H2,1H3/t7-/m1/s1. The Hall–Kier alpha value is -1.69. The number of nitriles is 1. The molecular formula is C10H11NO2. The van der Waals surface area contributed by atoms with Crippen molar-refractivity contribution in [1.29, 1.82) is 5.26 Å². The van der Waals surface area contributed by atoms with Gasteiger partial charge in [-0.3, -0.25) is 0 Å². The summed E-state index contributed by atoms with van der Waals surface area (Å²) in [6, 6.07) is 6.70. The predicted molar refractivity (Wildman–Crippen MR) is 48.3 cm³/mol. The molecule has 0 bridgehead atoms. The Morgan fingerprint density at radius 2 is 2.08 bits per heavy atom. The highest BCUT2D eigenvalue weighted by Gasteiger charge is 2.04. The first kappa shape index (κ1) is 9.40. The van der Waals surface area contributed by atoms with E-state index < -0.39 is 0 Å². The van der Waals surface area contributed by atoms with E-state index >= 15 is 0 Å². The van der Waals surface area contributed by atoms with Crippen LogP contribution in [-0.2, 0) is 6.42 Å². The lowest BCUT2D eigenvalue weighted by Crippen LogP contribution is -1.95. The van der Waals surface area contributed by atoms with Crippen LogP contribution >= 0.6 is 0 Å². The van der Waals surface area contributed by atoms with Crippen LogP contribution < -0.4 is 0 Å². The minimum atomic E-state index is -0.136. The smallest absolute Gasteiger partial charge is 0.157 e. The van der Waals surface area contributed by atoms with Crippen molar-refractivity contribution in [2.45, 2.75) is 13.3 Å². The molecule has 0 aromatic heterocycles. The van der Waals surface area contributed by atoms with Gasteiger partial charge in [-0.15, -0.1) is 0 Å². The SMILES string of the molecule is C[C@@H](C#N)Cc1ccc(O)c(O)c1. The van der Waals surface area contributed by atoms with Crippen molar-refractivity contribution in [2.24, 2.45) is 5.92 Å². The van der Waals surface area contributed by atoms with E-state index in [0.29, 0.717) is 6.42 Å². The van der Waals surface area contributed by atoms with Crippen LogP contribution in [0, 0.1) is 17.2 Å². The number of benzene rings is 1. The van der Waals surface area contributed by atoms with E-state index in [1.54, 1.807) is 6.07 Å². The molecule has 1 aromatic carbocycles. The van der Waals surface area contributed by atoms with Crippen LogP contribution in [0.25, 0.3) is 0 Å². The lowest BCUT2D eigenvalue weighted by atomic mass is 10.0. The zero-order valence-corrected chi connectivity index (χ0v) is 7.36. The van der Waals surface area contributed by atoms with Gasteiger partial charge in [-0.05, 0) is 31.0 Å². The molecule has 1 aromatic rings. The first-order valence-electron chi connectivity index (χ1n) is 4.04. The maximum Gasteiger partial charge on any atom is 0.157 e. The Labute approximate surface area is 76.9 Å². The fourth-order valence-corrected chi connectivity index (χ4v) is 1.10. The molecule has 0 unspecified atom stereocenters. The van der Waals surface area contributed by atoms with Gasteiger partial charge in [-0.25, -0.2) is 0 Å². The minimum absolute atomic E-state index is 0.0797. The van der Waals surface area contributed by atoms with Crippen molar-refractivity contribution in [3.63, 3.8) is 0 Å². The van der Waals surface area contributed by atoms with Crippen molar-refractivity contribution in [1.82, 2.24) is 0 Å². The fourth-order valence-electron chi connectivity index (χ4n) is 1.10. The highest BCUT2D eigenvalue weighted by atomic mass is 16.3. The third-order valence-corrected chi connectivity index (χ3v) is 1.80. The van der Waals surface area contributed by atoms with Crippen LogP contribution in [0.1, 0.15) is 12.5 Å². The lowest BCUT2D eigenvalue weighted by molar-refractivity contribution is 0.403. The molecule has 1 rings (SSSR count). The molecule has 0 aliphatic heterocycles. The lowest BCUT2D eigenvalue weighted by Gasteiger charge is -2.04. The summed E-state index contributed by atoms with van der Waals surface area (Å²) < 4.78 is 0. The molecule has 2 N–H and O–H groups in total. The summed E-state index contributed by atoms with van der Waals surface area (Å²) in [6.45, 7) is 1.81. The zero-order valence-electron chi connectivity index (χ0n) is 7.36. The number of phenolic OH excluding ortho intramolecular Hbond substituents is 2. The molecule has 0 saturated heterocycles. The van der Waals surface area contributed by atoms with Gasteiger partial charge in [-0.2, -0.15) is 5.26 Å². The molecule has 68 valence electrons. The maximum atomic E-state index is 9.15. The Morgan fingerprint density at radius 3 is 2.62 bits per heavy atom.